The van der Waals surface area contributed by atoms with Crippen LogP contribution >= 0.6 is 45.2 Å². The van der Waals surface area contributed by atoms with Crippen LogP contribution in [0.3, 0.4) is 0 Å². The first kappa shape index (κ1) is 19.4. The molecule has 1 aromatic carbocycles. The molecule has 120 valence electrons. The number of hydrogen-bond acceptors (Lipinski definition) is 6. The number of nitrogens with one attached hydrogen (secondary N) is 1. The number of nitriles is 1. The molecule has 0 aliphatic heterocycles. The van der Waals surface area contributed by atoms with E-state index >= 15 is 0 Å². The topological polar surface area (TPSA) is 122 Å². The van der Waals surface area contributed by atoms with Crippen molar-refractivity contribution in [2.24, 2.45) is 5.73 Å². The van der Waals surface area contributed by atoms with Gasteiger partial charge in [0.2, 0.25) is 5.91 Å². The highest BCUT2D eigenvalue weighted by Gasteiger charge is 2.18. The van der Waals surface area contributed by atoms with E-state index in [-0.39, 0.29) is 18.7 Å². The fraction of sp³-hybridized carbons (Fsp3) is 0.333. The molecule has 1 amide bonds. The van der Waals surface area contributed by atoms with Gasteiger partial charge >= 0.3 is 10.1 Å². The van der Waals surface area contributed by atoms with Gasteiger partial charge in [-0.05, 0) is 69.3 Å². The number of nitrogens with zero attached hydrogens (tertiary/aromatic N) is 1. The summed E-state index contributed by atoms with van der Waals surface area (Å²) in [7, 11) is -3.61. The average molecular weight is 549 g/mol. The molecule has 3 N–H and O–H groups in total. The van der Waals surface area contributed by atoms with Gasteiger partial charge in [-0.3, -0.25) is 4.79 Å². The molecule has 0 bridgehead atoms. The monoisotopic (exact) mass is 549 g/mol. The van der Waals surface area contributed by atoms with Crippen molar-refractivity contribution in [2.75, 3.05) is 12.8 Å². The maximum absolute atomic E-state index is 11.6. The van der Waals surface area contributed by atoms with Crippen LogP contribution in [0.4, 0.5) is 0 Å². The second-order valence-corrected chi connectivity index (χ2v) is 8.26. The molecule has 1 unspecified atom stereocenters. The lowest BCUT2D eigenvalue weighted by molar-refractivity contribution is -0.122. The normalized spacial score (nSPS) is 12.3. The highest BCUT2D eigenvalue weighted by atomic mass is 127. The summed E-state index contributed by atoms with van der Waals surface area (Å²) in [6.07, 6.45) is 1.24. The van der Waals surface area contributed by atoms with E-state index in [0.717, 1.165) is 11.8 Å². The standard InChI is InChI=1S/C12H13I2N3O4S/c1-22(19,20)21-11-8(13)4-7(5-9(11)14)6-10(16)12(18)17-3-2-15/h4-5,10H,3,6,16H2,1H3,(H,17,18). The fourth-order valence-electron chi connectivity index (χ4n) is 1.57. The Hall–Kier alpha value is -0.650. The molecular formula is C12H13I2N3O4S. The van der Waals surface area contributed by atoms with Crippen LogP contribution in [0.25, 0.3) is 0 Å². The maximum atomic E-state index is 11.6. The maximum Gasteiger partial charge on any atom is 0.306 e. The van der Waals surface area contributed by atoms with Crippen molar-refractivity contribution in [2.45, 2.75) is 12.5 Å². The van der Waals surface area contributed by atoms with Crippen LogP contribution in [0.15, 0.2) is 12.1 Å². The molecule has 0 aliphatic carbocycles. The third-order valence-corrected chi connectivity index (χ3v) is 4.50. The zero-order valence-corrected chi connectivity index (χ0v) is 16.6. The van der Waals surface area contributed by atoms with Gasteiger partial charge in [-0.2, -0.15) is 13.7 Å². The predicted octanol–water partition coefficient (Wildman–Crippen LogP) is 0.744. The minimum absolute atomic E-state index is 0.0945. The van der Waals surface area contributed by atoms with Crippen LogP contribution in [-0.2, 0) is 21.3 Å². The van der Waals surface area contributed by atoms with Crippen molar-refractivity contribution in [3.63, 3.8) is 0 Å². The number of carbonyl (C=O) groups is 1. The highest BCUT2D eigenvalue weighted by Crippen LogP contribution is 2.30. The van der Waals surface area contributed by atoms with Gasteiger partial charge < -0.3 is 15.2 Å². The van der Waals surface area contributed by atoms with Crippen LogP contribution in [-0.4, -0.2) is 33.2 Å². The largest absolute Gasteiger partial charge is 0.380 e. The summed E-state index contributed by atoms with van der Waals surface area (Å²) in [4.78, 5) is 11.6. The summed E-state index contributed by atoms with van der Waals surface area (Å²) in [6.45, 7) is -0.0945. The third kappa shape index (κ3) is 6.23. The first-order chi connectivity index (χ1) is 10.1. The van der Waals surface area contributed by atoms with Gasteiger partial charge in [-0.25, -0.2) is 0 Å². The first-order valence-electron chi connectivity index (χ1n) is 5.91. The summed E-state index contributed by atoms with van der Waals surface area (Å²) < 4.78 is 28.6. The SMILES string of the molecule is CS(=O)(=O)Oc1c(I)cc(CC(N)C(=O)NCC#N)cc1I. The van der Waals surface area contributed by atoms with E-state index in [4.69, 9.17) is 15.2 Å². The van der Waals surface area contributed by atoms with Gasteiger partial charge in [0.25, 0.3) is 0 Å². The van der Waals surface area contributed by atoms with Crippen molar-refractivity contribution in [1.82, 2.24) is 5.32 Å². The highest BCUT2D eigenvalue weighted by molar-refractivity contribution is 14.1. The number of rotatable bonds is 6. The first-order valence-corrected chi connectivity index (χ1v) is 9.89. The van der Waals surface area contributed by atoms with Crippen molar-refractivity contribution < 1.29 is 17.4 Å². The summed E-state index contributed by atoms with van der Waals surface area (Å²) in [5.41, 5.74) is 6.55. The second-order valence-electron chi connectivity index (χ2n) is 4.36. The van der Waals surface area contributed by atoms with Gasteiger partial charge in [0.1, 0.15) is 6.54 Å². The Kier molecular flexibility index (Phi) is 7.29. The molecule has 0 saturated heterocycles. The molecule has 1 aromatic rings. The van der Waals surface area contributed by atoms with E-state index in [1.54, 1.807) is 18.2 Å². The molecule has 0 radical (unpaired) electrons. The van der Waals surface area contributed by atoms with E-state index in [2.05, 4.69) is 5.32 Å². The van der Waals surface area contributed by atoms with E-state index in [0.29, 0.717) is 7.14 Å². The van der Waals surface area contributed by atoms with E-state index in [9.17, 15) is 13.2 Å². The molecule has 0 aliphatic rings. The summed E-state index contributed by atoms with van der Waals surface area (Å²) in [5.74, 6) is -0.155. The molecule has 7 nitrogen and oxygen atoms in total. The lowest BCUT2D eigenvalue weighted by Gasteiger charge is -2.13. The number of carbonyl (C=O) groups excluding carboxylic acids is 1. The van der Waals surface area contributed by atoms with Gasteiger partial charge in [0.15, 0.2) is 5.75 Å². The Morgan fingerprint density at radius 3 is 2.45 bits per heavy atom. The molecule has 0 fully saturated rings. The smallest absolute Gasteiger partial charge is 0.306 e. The van der Waals surface area contributed by atoms with E-state index < -0.39 is 22.1 Å². The van der Waals surface area contributed by atoms with Crippen molar-refractivity contribution in [3.05, 3.63) is 24.8 Å². The van der Waals surface area contributed by atoms with Crippen LogP contribution in [0.5, 0.6) is 5.75 Å². The number of amides is 1. The van der Waals surface area contributed by atoms with Crippen molar-refractivity contribution in [1.29, 1.82) is 5.26 Å². The third-order valence-electron chi connectivity index (χ3n) is 2.43. The molecule has 0 spiro atoms. The quantitative estimate of drug-likeness (QED) is 0.307. The zero-order chi connectivity index (χ0) is 16.9. The molecule has 0 heterocycles. The summed E-state index contributed by atoms with van der Waals surface area (Å²) >= 11 is 3.92. The minimum Gasteiger partial charge on any atom is -0.380 e. The molecule has 1 rings (SSSR count). The Balaban J connectivity index is 2.91. The van der Waals surface area contributed by atoms with Crippen LogP contribution in [0.1, 0.15) is 5.56 Å². The molecule has 0 saturated carbocycles. The Bertz CT molecular complexity index is 693. The summed E-state index contributed by atoms with van der Waals surface area (Å²) in [6, 6.07) is 4.43. The van der Waals surface area contributed by atoms with Gasteiger partial charge in [-0.15, -0.1) is 0 Å². The van der Waals surface area contributed by atoms with E-state index in [1.165, 1.54) is 0 Å². The Labute approximate surface area is 156 Å². The molecule has 0 aromatic heterocycles. The number of benzene rings is 1. The van der Waals surface area contributed by atoms with Gasteiger partial charge in [0.05, 0.1) is 25.5 Å². The average Bonchev–Trinajstić information content (AvgIpc) is 2.39. The van der Waals surface area contributed by atoms with Gasteiger partial charge in [-0.1, -0.05) is 0 Å². The second kappa shape index (κ2) is 8.27. The number of halogens is 2. The lowest BCUT2D eigenvalue weighted by Crippen LogP contribution is -2.42. The fourth-order valence-corrected chi connectivity index (χ4v) is 4.46. The van der Waals surface area contributed by atoms with Crippen molar-refractivity contribution >= 4 is 61.2 Å². The Morgan fingerprint density at radius 2 is 2.00 bits per heavy atom. The van der Waals surface area contributed by atoms with Crippen LogP contribution in [0, 0.1) is 18.5 Å². The molecular weight excluding hydrogens is 536 g/mol. The molecule has 10 heteroatoms. The van der Waals surface area contributed by atoms with Gasteiger partial charge in [0, 0.05) is 0 Å². The molecule has 22 heavy (non-hydrogen) atoms. The number of nitrogens with two attached hydrogens (primary N) is 1. The molecule has 1 atom stereocenters. The van der Waals surface area contributed by atoms with Crippen LogP contribution in [0.2, 0.25) is 0 Å². The summed E-state index contributed by atoms with van der Waals surface area (Å²) in [5, 5.41) is 10.8. The predicted molar refractivity (Wildman–Crippen MR) is 97.6 cm³/mol. The van der Waals surface area contributed by atoms with Crippen LogP contribution < -0.4 is 15.2 Å². The van der Waals surface area contributed by atoms with Crippen molar-refractivity contribution in [3.8, 4) is 11.8 Å². The lowest BCUT2D eigenvalue weighted by atomic mass is 10.1. The number of hydrogen-bond donors (Lipinski definition) is 2. The van der Waals surface area contributed by atoms with E-state index in [1.807, 2.05) is 45.2 Å². The Morgan fingerprint density at radius 1 is 1.45 bits per heavy atom. The minimum atomic E-state index is -3.61. The zero-order valence-electron chi connectivity index (χ0n) is 11.5.